The zero-order valence-electron chi connectivity index (χ0n) is 17.1. The Bertz CT molecular complexity index is 1300. The molecule has 0 amide bonds. The number of halogens is 3. The van der Waals surface area contributed by atoms with Crippen molar-refractivity contribution in [3.63, 3.8) is 0 Å². The number of anilines is 2. The molecule has 0 fully saturated rings. The summed E-state index contributed by atoms with van der Waals surface area (Å²) in [6.07, 6.45) is 0.309. The van der Waals surface area contributed by atoms with Crippen LogP contribution < -0.4 is 10.1 Å². The van der Waals surface area contributed by atoms with E-state index in [1.54, 1.807) is 30.2 Å². The molecule has 0 saturated carbocycles. The summed E-state index contributed by atoms with van der Waals surface area (Å²) < 4.78 is 46.3. The van der Waals surface area contributed by atoms with Crippen LogP contribution in [-0.2, 0) is 13.2 Å². The van der Waals surface area contributed by atoms with E-state index >= 15 is 0 Å². The first-order valence-electron chi connectivity index (χ1n) is 9.55. The molecule has 0 radical (unpaired) electrons. The van der Waals surface area contributed by atoms with E-state index in [0.717, 1.165) is 12.1 Å². The Labute approximate surface area is 185 Å². The van der Waals surface area contributed by atoms with E-state index in [9.17, 15) is 23.3 Å². The van der Waals surface area contributed by atoms with E-state index < -0.39 is 16.7 Å². The summed E-state index contributed by atoms with van der Waals surface area (Å²) in [7, 11) is 1.75. The summed E-state index contributed by atoms with van der Waals surface area (Å²) in [6, 6.07) is 11.7. The molecule has 168 valence electrons. The van der Waals surface area contributed by atoms with Crippen LogP contribution in [0.15, 0.2) is 73.2 Å². The maximum absolute atomic E-state index is 12.9. The Morgan fingerprint density at radius 2 is 1.85 bits per heavy atom. The van der Waals surface area contributed by atoms with Gasteiger partial charge < -0.3 is 10.1 Å². The van der Waals surface area contributed by atoms with Gasteiger partial charge in [-0.2, -0.15) is 18.3 Å². The van der Waals surface area contributed by atoms with Gasteiger partial charge in [-0.25, -0.2) is 4.98 Å². The third-order valence-corrected chi connectivity index (χ3v) is 4.62. The summed E-state index contributed by atoms with van der Waals surface area (Å²) in [5.74, 6) is 0.826. The number of aromatic nitrogens is 3. The summed E-state index contributed by atoms with van der Waals surface area (Å²) in [5, 5.41) is 18.2. The second kappa shape index (κ2) is 8.61. The normalized spacial score (nSPS) is 11.3. The number of nitro benzene ring substituents is 1. The fraction of sp³-hybridized carbons (Fsp3) is 0.0909. The molecule has 1 N–H and O–H groups in total. The number of benzene rings is 2. The minimum absolute atomic E-state index is 0.161. The first-order chi connectivity index (χ1) is 15.7. The number of pyridine rings is 1. The molecule has 0 aliphatic heterocycles. The van der Waals surface area contributed by atoms with Crippen LogP contribution in [0.2, 0.25) is 0 Å². The molecule has 0 bridgehead atoms. The lowest BCUT2D eigenvalue weighted by Crippen LogP contribution is -2.04. The average Bonchev–Trinajstić information content (AvgIpc) is 3.18. The third-order valence-electron chi connectivity index (χ3n) is 4.62. The van der Waals surface area contributed by atoms with E-state index in [2.05, 4.69) is 15.4 Å². The molecule has 11 heteroatoms. The van der Waals surface area contributed by atoms with Crippen LogP contribution in [0.5, 0.6) is 11.5 Å². The number of rotatable bonds is 6. The molecule has 4 aromatic rings. The van der Waals surface area contributed by atoms with Gasteiger partial charge in [0, 0.05) is 37.1 Å². The number of nitrogens with one attached hydrogen (secondary N) is 1. The Balaban J connectivity index is 1.73. The van der Waals surface area contributed by atoms with Crippen molar-refractivity contribution in [1.29, 1.82) is 0 Å². The first kappa shape index (κ1) is 21.8. The van der Waals surface area contributed by atoms with Crippen molar-refractivity contribution in [2.75, 3.05) is 5.32 Å². The van der Waals surface area contributed by atoms with Crippen molar-refractivity contribution in [3.05, 3.63) is 88.9 Å². The quantitative estimate of drug-likeness (QED) is 0.285. The summed E-state index contributed by atoms with van der Waals surface area (Å²) in [5.41, 5.74) is 0.561. The molecule has 0 spiro atoms. The molecule has 4 rings (SSSR count). The van der Waals surface area contributed by atoms with E-state index in [1.165, 1.54) is 42.6 Å². The van der Waals surface area contributed by atoms with E-state index in [-0.39, 0.29) is 17.2 Å². The maximum Gasteiger partial charge on any atom is 0.416 e. The number of alkyl halides is 3. The van der Waals surface area contributed by atoms with Gasteiger partial charge in [-0.05, 0) is 23.8 Å². The number of non-ortho nitro benzene ring substituents is 1. The second-order valence-corrected chi connectivity index (χ2v) is 7.03. The fourth-order valence-corrected chi connectivity index (χ4v) is 3.07. The van der Waals surface area contributed by atoms with Crippen molar-refractivity contribution in [3.8, 4) is 22.6 Å². The van der Waals surface area contributed by atoms with Gasteiger partial charge in [-0.3, -0.25) is 14.8 Å². The summed E-state index contributed by atoms with van der Waals surface area (Å²) >= 11 is 0. The predicted molar refractivity (Wildman–Crippen MR) is 114 cm³/mol. The molecule has 0 aliphatic carbocycles. The molecule has 0 saturated heterocycles. The van der Waals surface area contributed by atoms with E-state index in [1.807, 2.05) is 0 Å². The highest BCUT2D eigenvalue weighted by atomic mass is 19.4. The lowest BCUT2D eigenvalue weighted by Gasteiger charge is -2.14. The third kappa shape index (κ3) is 5.09. The molecule has 0 aliphatic rings. The van der Waals surface area contributed by atoms with Crippen molar-refractivity contribution >= 4 is 17.2 Å². The Morgan fingerprint density at radius 1 is 1.09 bits per heavy atom. The lowest BCUT2D eigenvalue weighted by atomic mass is 10.0. The molecule has 2 aromatic heterocycles. The van der Waals surface area contributed by atoms with Crippen molar-refractivity contribution < 1.29 is 22.8 Å². The number of nitrogens with zero attached hydrogens (tertiary/aromatic N) is 4. The molecule has 8 nitrogen and oxygen atoms in total. The van der Waals surface area contributed by atoms with Gasteiger partial charge in [-0.15, -0.1) is 0 Å². The molecule has 2 aromatic carbocycles. The minimum Gasteiger partial charge on any atom is -0.456 e. The van der Waals surface area contributed by atoms with Crippen LogP contribution in [-0.4, -0.2) is 19.7 Å². The van der Waals surface area contributed by atoms with Gasteiger partial charge in [-0.1, -0.05) is 18.2 Å². The van der Waals surface area contributed by atoms with Crippen LogP contribution in [0.1, 0.15) is 5.56 Å². The highest BCUT2D eigenvalue weighted by Gasteiger charge is 2.30. The van der Waals surface area contributed by atoms with Crippen LogP contribution in [0.25, 0.3) is 11.1 Å². The highest BCUT2D eigenvalue weighted by molar-refractivity contribution is 5.73. The van der Waals surface area contributed by atoms with Gasteiger partial charge >= 0.3 is 6.18 Å². The monoisotopic (exact) mass is 455 g/mol. The average molecular weight is 455 g/mol. The maximum atomic E-state index is 12.9. The van der Waals surface area contributed by atoms with Crippen LogP contribution in [0.4, 0.5) is 30.4 Å². The standard InChI is InChI=1S/C22H16F3N5O3/c1-29-13-16(11-27-29)28-21-10-20(33-18-4-2-3-17(9-18)30(31)32)19(12-26-21)14-5-7-15(8-6-14)22(23,24)25/h2-13H,1H3,(H,26,28). The van der Waals surface area contributed by atoms with E-state index in [4.69, 9.17) is 4.74 Å². The fourth-order valence-electron chi connectivity index (χ4n) is 3.07. The zero-order valence-corrected chi connectivity index (χ0v) is 17.1. The van der Waals surface area contributed by atoms with Gasteiger partial charge in [0.25, 0.3) is 5.69 Å². The van der Waals surface area contributed by atoms with Gasteiger partial charge in [0.05, 0.1) is 28.4 Å². The second-order valence-electron chi connectivity index (χ2n) is 7.03. The number of ether oxygens (including phenoxy) is 1. The van der Waals surface area contributed by atoms with Crippen LogP contribution in [0.3, 0.4) is 0 Å². The van der Waals surface area contributed by atoms with Crippen LogP contribution in [0, 0.1) is 10.1 Å². The summed E-state index contributed by atoms with van der Waals surface area (Å²) in [4.78, 5) is 14.9. The smallest absolute Gasteiger partial charge is 0.416 e. The lowest BCUT2D eigenvalue weighted by molar-refractivity contribution is -0.384. The van der Waals surface area contributed by atoms with Crippen LogP contribution >= 0.6 is 0 Å². The van der Waals surface area contributed by atoms with Gasteiger partial charge in [0.2, 0.25) is 0 Å². The first-order valence-corrected chi connectivity index (χ1v) is 9.55. The Kier molecular flexibility index (Phi) is 5.69. The minimum atomic E-state index is -4.46. The molecular formula is C22H16F3N5O3. The zero-order chi connectivity index (χ0) is 23.6. The molecule has 33 heavy (non-hydrogen) atoms. The predicted octanol–water partition coefficient (Wildman–Crippen LogP) is 5.95. The molecule has 0 atom stereocenters. The molecular weight excluding hydrogens is 439 g/mol. The van der Waals surface area contributed by atoms with Crippen molar-refractivity contribution in [2.45, 2.75) is 6.18 Å². The van der Waals surface area contributed by atoms with Gasteiger partial charge in [0.1, 0.15) is 17.3 Å². The molecule has 2 heterocycles. The number of hydrogen-bond acceptors (Lipinski definition) is 6. The largest absolute Gasteiger partial charge is 0.456 e. The van der Waals surface area contributed by atoms with Gasteiger partial charge in [0.15, 0.2) is 0 Å². The number of hydrogen-bond donors (Lipinski definition) is 1. The SMILES string of the molecule is Cn1cc(Nc2cc(Oc3cccc([N+](=O)[O-])c3)c(-c3ccc(C(F)(F)F)cc3)cn2)cn1. The topological polar surface area (TPSA) is 95.1 Å². The number of nitro groups is 1. The Hall–Kier alpha value is -4.41. The van der Waals surface area contributed by atoms with Crippen molar-refractivity contribution in [1.82, 2.24) is 14.8 Å². The Morgan fingerprint density at radius 3 is 2.48 bits per heavy atom. The van der Waals surface area contributed by atoms with E-state index in [0.29, 0.717) is 22.6 Å². The highest BCUT2D eigenvalue weighted by Crippen LogP contribution is 2.37. The number of aryl methyl sites for hydroxylation is 1. The molecule has 0 unspecified atom stereocenters. The summed E-state index contributed by atoms with van der Waals surface area (Å²) in [6.45, 7) is 0. The van der Waals surface area contributed by atoms with Crippen molar-refractivity contribution in [2.24, 2.45) is 7.05 Å².